The fraction of sp³-hybridized carbons (Fsp3) is 0.147. The molecule has 7 aromatic rings. The summed E-state index contributed by atoms with van der Waals surface area (Å²) in [6.07, 6.45) is 3.91. The lowest BCUT2D eigenvalue weighted by Crippen LogP contribution is -2.05. The molecule has 1 fully saturated rings. The van der Waals surface area contributed by atoms with E-state index in [-0.39, 0.29) is 0 Å². The van der Waals surface area contributed by atoms with Crippen LogP contribution in [0.5, 0.6) is 0 Å². The lowest BCUT2D eigenvalue weighted by Gasteiger charge is -2.23. The van der Waals surface area contributed by atoms with Crippen molar-refractivity contribution in [1.82, 2.24) is 4.98 Å². The van der Waals surface area contributed by atoms with Crippen LogP contribution in [-0.4, -0.2) is 4.98 Å². The van der Waals surface area contributed by atoms with Gasteiger partial charge in [-0.15, -0.1) is 0 Å². The lowest BCUT2D eigenvalue weighted by atomic mass is 9.83. The minimum absolute atomic E-state index is 0.645. The molecule has 0 aliphatic heterocycles. The van der Waals surface area contributed by atoms with E-state index in [1.54, 1.807) is 5.56 Å². The summed E-state index contributed by atoms with van der Waals surface area (Å²) in [4.78, 5) is 5.59. The Balaban J connectivity index is 1.50. The van der Waals surface area contributed by atoms with Crippen molar-refractivity contribution in [1.29, 1.82) is 0 Å². The molecule has 0 radical (unpaired) electrons. The molecule has 0 N–H and O–H groups in total. The summed E-state index contributed by atoms with van der Waals surface area (Å²) < 4.78 is 0. The van der Waals surface area contributed by atoms with Gasteiger partial charge in [-0.25, -0.2) is 4.98 Å². The number of benzene rings is 6. The van der Waals surface area contributed by atoms with Crippen LogP contribution in [0.4, 0.5) is 0 Å². The maximum absolute atomic E-state index is 5.59. The zero-order valence-electron chi connectivity index (χ0n) is 19.4. The number of nitrogens with zero attached hydrogens (tertiary/aromatic N) is 1. The Hall–Kier alpha value is -3.97. The highest BCUT2D eigenvalue weighted by atomic mass is 14.7. The van der Waals surface area contributed by atoms with E-state index < -0.39 is 0 Å². The number of pyridine rings is 1. The van der Waals surface area contributed by atoms with Crippen molar-refractivity contribution in [3.8, 4) is 11.3 Å². The lowest BCUT2D eigenvalue weighted by molar-refractivity contribution is 0.721. The number of aromatic nitrogens is 1. The molecule has 0 saturated heterocycles. The van der Waals surface area contributed by atoms with Crippen molar-refractivity contribution < 1.29 is 0 Å². The zero-order valence-corrected chi connectivity index (χ0v) is 19.4. The minimum Gasteiger partial charge on any atom is -0.247 e. The molecule has 1 heteroatoms. The summed E-state index contributed by atoms with van der Waals surface area (Å²) in [5, 5.41) is 12.0. The number of fused-ring (bicyclic) bond motifs is 9. The Morgan fingerprint density at radius 3 is 2.17 bits per heavy atom. The van der Waals surface area contributed by atoms with Crippen LogP contribution < -0.4 is 0 Å². The maximum atomic E-state index is 5.59. The Kier molecular flexibility index (Phi) is 3.34. The molecule has 0 amide bonds. The van der Waals surface area contributed by atoms with Gasteiger partial charge in [0.15, 0.2) is 0 Å². The second-order valence-electron chi connectivity index (χ2n) is 10.7. The predicted molar refractivity (Wildman–Crippen MR) is 148 cm³/mol. The van der Waals surface area contributed by atoms with E-state index in [1.807, 2.05) is 0 Å². The first-order valence-electron chi connectivity index (χ1n) is 12.9. The first-order valence-corrected chi connectivity index (χ1v) is 12.9. The van der Waals surface area contributed by atoms with Crippen molar-refractivity contribution in [3.63, 3.8) is 0 Å². The fourth-order valence-corrected chi connectivity index (χ4v) is 7.56. The third kappa shape index (κ3) is 2.27. The van der Waals surface area contributed by atoms with E-state index in [4.69, 9.17) is 4.98 Å². The van der Waals surface area contributed by atoms with Gasteiger partial charge >= 0.3 is 0 Å². The monoisotopic (exact) mass is 445 g/mol. The normalized spacial score (nSPS) is 19.1. The van der Waals surface area contributed by atoms with Crippen molar-refractivity contribution in [3.05, 3.63) is 102 Å². The smallest absolute Gasteiger partial charge is 0.0791 e. The van der Waals surface area contributed by atoms with Crippen molar-refractivity contribution in [2.45, 2.75) is 31.1 Å². The van der Waals surface area contributed by atoms with E-state index in [0.717, 1.165) is 0 Å². The molecule has 35 heavy (non-hydrogen) atoms. The largest absolute Gasteiger partial charge is 0.247 e. The van der Waals surface area contributed by atoms with Crippen LogP contribution in [0.2, 0.25) is 0 Å². The summed E-state index contributed by atoms with van der Waals surface area (Å²) in [5.74, 6) is 1.31. The molecule has 9 rings (SSSR count). The summed E-state index contributed by atoms with van der Waals surface area (Å²) in [7, 11) is 0. The Morgan fingerprint density at radius 2 is 1.26 bits per heavy atom. The highest BCUT2D eigenvalue weighted by Crippen LogP contribution is 2.58. The molecule has 2 atom stereocenters. The first kappa shape index (κ1) is 18.4. The molecule has 2 aliphatic carbocycles. The third-order valence-corrected chi connectivity index (χ3v) is 8.97. The van der Waals surface area contributed by atoms with Crippen LogP contribution >= 0.6 is 0 Å². The minimum atomic E-state index is 0.645. The molecule has 1 saturated carbocycles. The van der Waals surface area contributed by atoms with Crippen LogP contribution in [0.1, 0.15) is 42.2 Å². The average Bonchev–Trinajstić information content (AvgIpc) is 3.54. The van der Waals surface area contributed by atoms with Gasteiger partial charge in [-0.3, -0.25) is 0 Å². The van der Waals surface area contributed by atoms with Gasteiger partial charge in [-0.2, -0.15) is 0 Å². The third-order valence-electron chi connectivity index (χ3n) is 8.97. The topological polar surface area (TPSA) is 12.9 Å². The SMILES string of the molecule is c1ccc2c(-c3nc4c(cc5ccc6cccc7ccc4c5c67)c4c3C3CCC4C3)cccc2c1. The molecule has 0 spiro atoms. The molecule has 2 bridgehead atoms. The molecule has 2 unspecified atom stereocenters. The predicted octanol–water partition coefficient (Wildman–Crippen LogP) is 9.32. The quantitative estimate of drug-likeness (QED) is 0.181. The Labute approximate surface area is 203 Å². The van der Waals surface area contributed by atoms with Crippen molar-refractivity contribution in [2.24, 2.45) is 0 Å². The Bertz CT molecular complexity index is 1980. The van der Waals surface area contributed by atoms with Gasteiger partial charge < -0.3 is 0 Å². The number of hydrogen-bond acceptors (Lipinski definition) is 1. The highest BCUT2D eigenvalue weighted by Gasteiger charge is 2.41. The Morgan fingerprint density at radius 1 is 0.543 bits per heavy atom. The average molecular weight is 446 g/mol. The highest BCUT2D eigenvalue weighted by molar-refractivity contribution is 6.28. The van der Waals surface area contributed by atoms with Gasteiger partial charge in [0.25, 0.3) is 0 Å². The second-order valence-corrected chi connectivity index (χ2v) is 10.7. The van der Waals surface area contributed by atoms with Gasteiger partial charge in [-0.1, -0.05) is 84.9 Å². The molecule has 1 aromatic heterocycles. The maximum Gasteiger partial charge on any atom is 0.0791 e. The van der Waals surface area contributed by atoms with Crippen LogP contribution in [0.3, 0.4) is 0 Å². The summed E-state index contributed by atoms with van der Waals surface area (Å²) >= 11 is 0. The van der Waals surface area contributed by atoms with Crippen LogP contribution in [0.15, 0.2) is 91.0 Å². The van der Waals surface area contributed by atoms with Gasteiger partial charge in [0.1, 0.15) is 0 Å². The number of rotatable bonds is 1. The fourth-order valence-electron chi connectivity index (χ4n) is 7.56. The van der Waals surface area contributed by atoms with E-state index >= 15 is 0 Å². The molecular weight excluding hydrogens is 422 g/mol. The summed E-state index contributed by atoms with van der Waals surface area (Å²) in [6, 6.07) is 33.8. The van der Waals surface area contributed by atoms with Crippen molar-refractivity contribution >= 4 is 54.0 Å². The van der Waals surface area contributed by atoms with E-state index in [9.17, 15) is 0 Å². The van der Waals surface area contributed by atoms with Gasteiger partial charge in [0.2, 0.25) is 0 Å². The molecular formula is C34H23N. The zero-order chi connectivity index (χ0) is 22.7. The van der Waals surface area contributed by atoms with Crippen LogP contribution in [0.25, 0.3) is 65.3 Å². The van der Waals surface area contributed by atoms with E-state index in [0.29, 0.717) is 11.8 Å². The van der Waals surface area contributed by atoms with Gasteiger partial charge in [-0.05, 0) is 86.0 Å². The van der Waals surface area contributed by atoms with Crippen LogP contribution in [-0.2, 0) is 0 Å². The van der Waals surface area contributed by atoms with Crippen LogP contribution in [0, 0.1) is 0 Å². The molecule has 2 aliphatic rings. The molecule has 1 heterocycles. The summed E-state index contributed by atoms with van der Waals surface area (Å²) in [6.45, 7) is 0. The van der Waals surface area contributed by atoms with E-state index in [2.05, 4.69) is 91.0 Å². The molecule has 164 valence electrons. The van der Waals surface area contributed by atoms with E-state index in [1.165, 1.54) is 90.1 Å². The first-order chi connectivity index (χ1) is 17.3. The van der Waals surface area contributed by atoms with Gasteiger partial charge in [0, 0.05) is 16.3 Å². The molecule has 1 nitrogen and oxygen atoms in total. The summed E-state index contributed by atoms with van der Waals surface area (Å²) in [5.41, 5.74) is 6.84. The second kappa shape index (κ2) is 6.37. The standard InChI is InChI=1S/C34H23N/c1-2-9-25-19(5-1)6-4-10-26(25)34-32-23-14-13-22(17-23)31(32)28-18-24-12-11-20-7-3-8-21-15-16-27(33(28)35-34)30(24)29(20)21/h1-12,15-16,18,22-23H,13-14,17H2. The molecule has 6 aromatic carbocycles. The number of hydrogen-bond donors (Lipinski definition) is 0. The van der Waals surface area contributed by atoms with Crippen molar-refractivity contribution in [2.75, 3.05) is 0 Å². The van der Waals surface area contributed by atoms with Gasteiger partial charge in [0.05, 0.1) is 11.2 Å².